The number of imide groups is 1. The Morgan fingerprint density at radius 1 is 1.19 bits per heavy atom. The van der Waals surface area contributed by atoms with Gasteiger partial charge in [-0.2, -0.15) is 0 Å². The van der Waals surface area contributed by atoms with Crippen LogP contribution in [-0.4, -0.2) is 60.0 Å². The predicted molar refractivity (Wildman–Crippen MR) is 113 cm³/mol. The van der Waals surface area contributed by atoms with Gasteiger partial charge in [-0.05, 0) is 61.4 Å². The largest absolute Gasteiger partial charge is 0.396 e. The quantitative estimate of drug-likeness (QED) is 0.487. The lowest BCUT2D eigenvalue weighted by molar-refractivity contribution is -0.136. The summed E-state index contributed by atoms with van der Waals surface area (Å²) in [4.78, 5) is 38.3. The van der Waals surface area contributed by atoms with Gasteiger partial charge in [-0.25, -0.2) is 0 Å². The lowest BCUT2D eigenvalue weighted by Crippen LogP contribution is -2.52. The molecule has 4 aliphatic rings. The zero-order chi connectivity index (χ0) is 21.6. The number of benzene rings is 1. The number of fused-ring (bicyclic) bond motifs is 1. The van der Waals surface area contributed by atoms with Crippen LogP contribution in [0.3, 0.4) is 0 Å². The Morgan fingerprint density at radius 2 is 2.00 bits per heavy atom. The lowest BCUT2D eigenvalue weighted by atomic mass is 9.85. The second-order valence-electron chi connectivity index (χ2n) is 9.59. The first-order valence-corrected chi connectivity index (χ1v) is 11.3. The molecule has 3 amide bonds. The van der Waals surface area contributed by atoms with E-state index >= 15 is 0 Å². The summed E-state index contributed by atoms with van der Waals surface area (Å²) in [5.74, 6) is -0.809. The van der Waals surface area contributed by atoms with Gasteiger partial charge in [0.2, 0.25) is 11.8 Å². The number of hydrogen-bond acceptors (Lipinski definition) is 6. The molecule has 166 valence electrons. The zero-order valence-corrected chi connectivity index (χ0v) is 17.7. The van der Waals surface area contributed by atoms with Crippen LogP contribution in [0.1, 0.15) is 53.6 Å². The summed E-state index contributed by atoms with van der Waals surface area (Å²) in [6.45, 7) is 4.01. The molecule has 0 bridgehead atoms. The average molecular weight is 427 g/mol. The summed E-state index contributed by atoms with van der Waals surface area (Å²) in [6, 6.07) is 5.12. The maximum Gasteiger partial charge on any atom is 0.255 e. The Labute approximate surface area is 181 Å². The Morgan fingerprint density at radius 3 is 2.74 bits per heavy atom. The lowest BCUT2D eigenvalue weighted by Gasteiger charge is -2.29. The van der Waals surface area contributed by atoms with E-state index < -0.39 is 6.04 Å². The number of hydrogen-bond donors (Lipinski definition) is 4. The second kappa shape index (κ2) is 7.69. The molecule has 3 heterocycles. The highest BCUT2D eigenvalue weighted by molar-refractivity contribution is 6.05. The van der Waals surface area contributed by atoms with E-state index in [1.54, 1.807) is 4.90 Å². The van der Waals surface area contributed by atoms with Gasteiger partial charge in [0.25, 0.3) is 5.91 Å². The van der Waals surface area contributed by atoms with Crippen LogP contribution in [0.25, 0.3) is 0 Å². The molecule has 5 rings (SSSR count). The van der Waals surface area contributed by atoms with Crippen molar-refractivity contribution in [3.05, 3.63) is 34.9 Å². The summed E-state index contributed by atoms with van der Waals surface area (Å²) < 4.78 is 0. The second-order valence-corrected chi connectivity index (χ2v) is 9.59. The van der Waals surface area contributed by atoms with Gasteiger partial charge in [0, 0.05) is 37.0 Å². The molecule has 1 saturated carbocycles. The van der Waals surface area contributed by atoms with Crippen LogP contribution in [-0.2, 0) is 22.7 Å². The number of aliphatic hydroxyl groups is 1. The van der Waals surface area contributed by atoms with Gasteiger partial charge >= 0.3 is 0 Å². The summed E-state index contributed by atoms with van der Waals surface area (Å²) in [5, 5.41) is 19.4. The molecular weight excluding hydrogens is 396 g/mol. The molecule has 2 atom stereocenters. The van der Waals surface area contributed by atoms with Gasteiger partial charge in [0.05, 0.1) is 6.61 Å². The van der Waals surface area contributed by atoms with Gasteiger partial charge in [0.15, 0.2) is 0 Å². The molecule has 3 fully saturated rings. The highest BCUT2D eigenvalue weighted by atomic mass is 16.3. The molecule has 1 aromatic carbocycles. The van der Waals surface area contributed by atoms with Crippen molar-refractivity contribution in [2.45, 2.75) is 51.2 Å². The SMILES string of the molecule is O=C1CCC(N2Cc3c(CNCC4(CO)CC45CCNCC5)cccc3C2=O)C(=O)N1. The van der Waals surface area contributed by atoms with Crippen LogP contribution in [0.15, 0.2) is 18.2 Å². The van der Waals surface area contributed by atoms with Gasteiger partial charge in [-0.1, -0.05) is 12.1 Å². The number of nitrogens with zero attached hydrogens (tertiary/aromatic N) is 1. The number of nitrogens with one attached hydrogen (secondary N) is 3. The molecule has 1 aliphatic carbocycles. The van der Waals surface area contributed by atoms with Crippen molar-refractivity contribution < 1.29 is 19.5 Å². The van der Waals surface area contributed by atoms with Crippen molar-refractivity contribution >= 4 is 17.7 Å². The highest BCUT2D eigenvalue weighted by Gasteiger charge is 2.65. The van der Waals surface area contributed by atoms with Gasteiger partial charge in [-0.15, -0.1) is 0 Å². The van der Waals surface area contributed by atoms with Crippen molar-refractivity contribution in [3.63, 3.8) is 0 Å². The minimum atomic E-state index is -0.595. The van der Waals surface area contributed by atoms with Gasteiger partial charge in [-0.3, -0.25) is 19.7 Å². The summed E-state index contributed by atoms with van der Waals surface area (Å²) in [6.07, 6.45) is 3.93. The number of piperidine rings is 2. The predicted octanol–water partition coefficient (Wildman–Crippen LogP) is 0.289. The first kappa shape index (κ1) is 20.6. The summed E-state index contributed by atoms with van der Waals surface area (Å²) >= 11 is 0. The minimum absolute atomic E-state index is 0.0400. The third-order valence-electron chi connectivity index (χ3n) is 8.00. The fourth-order valence-electron chi connectivity index (χ4n) is 6.00. The Hall–Kier alpha value is -2.29. The number of amides is 3. The van der Waals surface area contributed by atoms with E-state index in [1.807, 2.05) is 18.2 Å². The molecule has 1 aromatic rings. The van der Waals surface area contributed by atoms with E-state index in [0.29, 0.717) is 25.1 Å². The number of rotatable bonds is 6. The molecule has 31 heavy (non-hydrogen) atoms. The van der Waals surface area contributed by atoms with E-state index in [2.05, 4.69) is 16.0 Å². The first-order chi connectivity index (χ1) is 15.0. The Bertz CT molecular complexity index is 926. The van der Waals surface area contributed by atoms with Crippen LogP contribution < -0.4 is 16.0 Å². The molecule has 3 aliphatic heterocycles. The van der Waals surface area contributed by atoms with Gasteiger partial charge in [0.1, 0.15) is 6.04 Å². The molecule has 8 heteroatoms. The normalized spacial score (nSPS) is 29.3. The van der Waals surface area contributed by atoms with Crippen molar-refractivity contribution in [2.75, 3.05) is 26.2 Å². The first-order valence-electron chi connectivity index (χ1n) is 11.3. The van der Waals surface area contributed by atoms with Gasteiger partial charge < -0.3 is 20.6 Å². The topological polar surface area (TPSA) is 111 Å². The molecule has 4 N–H and O–H groups in total. The minimum Gasteiger partial charge on any atom is -0.396 e. The molecule has 0 aromatic heterocycles. The summed E-state index contributed by atoms with van der Waals surface area (Å²) in [5.41, 5.74) is 2.87. The van der Waals surface area contributed by atoms with Crippen LogP contribution >= 0.6 is 0 Å². The van der Waals surface area contributed by atoms with E-state index in [9.17, 15) is 19.5 Å². The van der Waals surface area contributed by atoms with E-state index in [-0.39, 0.29) is 41.6 Å². The number of carbonyl (C=O) groups excluding carboxylic acids is 3. The molecular formula is C23H30N4O4. The standard InChI is InChI=1S/C23H30N4O4/c28-14-23(12-22(23)6-8-24-9-7-22)13-25-10-15-2-1-3-16-17(15)11-27(21(16)31)18-4-5-19(29)26-20(18)30/h1-3,18,24-25,28H,4-14H2,(H,26,29,30). The smallest absolute Gasteiger partial charge is 0.255 e. The average Bonchev–Trinajstić information content (AvgIpc) is 3.23. The molecule has 2 saturated heterocycles. The fraction of sp³-hybridized carbons (Fsp3) is 0.609. The third-order valence-corrected chi connectivity index (χ3v) is 8.00. The monoisotopic (exact) mass is 426 g/mol. The molecule has 1 spiro atoms. The molecule has 8 nitrogen and oxygen atoms in total. The summed E-state index contributed by atoms with van der Waals surface area (Å²) in [7, 11) is 0. The number of aliphatic hydroxyl groups excluding tert-OH is 1. The number of carbonyl (C=O) groups is 3. The maximum atomic E-state index is 13.0. The van der Waals surface area contributed by atoms with Crippen molar-refractivity contribution in [2.24, 2.45) is 10.8 Å². The van der Waals surface area contributed by atoms with Crippen LogP contribution in [0.5, 0.6) is 0 Å². The zero-order valence-electron chi connectivity index (χ0n) is 17.7. The maximum absolute atomic E-state index is 13.0. The van der Waals surface area contributed by atoms with Crippen LogP contribution in [0, 0.1) is 10.8 Å². The Balaban J connectivity index is 1.26. The van der Waals surface area contributed by atoms with E-state index in [4.69, 9.17) is 0 Å². The third kappa shape index (κ3) is 3.37. The van der Waals surface area contributed by atoms with Crippen molar-refractivity contribution in [3.8, 4) is 0 Å². The van der Waals surface area contributed by atoms with Crippen molar-refractivity contribution in [1.82, 2.24) is 20.9 Å². The van der Waals surface area contributed by atoms with E-state index in [1.165, 1.54) is 0 Å². The fourth-order valence-corrected chi connectivity index (χ4v) is 6.00. The van der Waals surface area contributed by atoms with E-state index in [0.717, 1.165) is 50.0 Å². The van der Waals surface area contributed by atoms with Crippen LogP contribution in [0.2, 0.25) is 0 Å². The Kier molecular flexibility index (Phi) is 5.11. The molecule has 2 unspecified atom stereocenters. The van der Waals surface area contributed by atoms with Crippen molar-refractivity contribution in [1.29, 1.82) is 0 Å². The highest BCUT2D eigenvalue weighted by Crippen LogP contribution is 2.67. The van der Waals surface area contributed by atoms with Crippen LogP contribution in [0.4, 0.5) is 0 Å². The molecule has 0 radical (unpaired) electrons.